The van der Waals surface area contributed by atoms with E-state index in [2.05, 4.69) is 40.3 Å². The maximum absolute atomic E-state index is 13.3. The zero-order chi connectivity index (χ0) is 27.2. The summed E-state index contributed by atoms with van der Waals surface area (Å²) >= 11 is 0. The molecule has 200 valence electrons. The number of ether oxygens (including phenoxy) is 3. The van der Waals surface area contributed by atoms with Crippen molar-refractivity contribution in [2.45, 2.75) is 25.4 Å². The molecule has 0 radical (unpaired) electrons. The van der Waals surface area contributed by atoms with Gasteiger partial charge in [-0.15, -0.1) is 0 Å². The topological polar surface area (TPSA) is 74.9 Å². The van der Waals surface area contributed by atoms with E-state index in [4.69, 9.17) is 18.6 Å². The molecule has 0 bridgehead atoms. The minimum absolute atomic E-state index is 0.0785. The molecule has 1 atom stereocenters. The highest BCUT2D eigenvalue weighted by molar-refractivity contribution is 5.87. The molecule has 1 amide bonds. The number of amides is 1. The van der Waals surface area contributed by atoms with Gasteiger partial charge in [0, 0.05) is 42.0 Å². The lowest BCUT2D eigenvalue weighted by Crippen LogP contribution is -2.24. The lowest BCUT2D eigenvalue weighted by atomic mass is 9.87. The van der Waals surface area contributed by atoms with Crippen LogP contribution in [0.2, 0.25) is 0 Å². The average Bonchev–Trinajstić information content (AvgIpc) is 3.63. The van der Waals surface area contributed by atoms with Gasteiger partial charge in [-0.3, -0.25) is 4.79 Å². The minimum Gasteiger partial charge on any atom is -0.497 e. The standard InChI is InChI=1S/C32H32N2O5/c1-36-24-12-10-22(11-13-24)20-34-21-30(28-8-4-5-9-31(28)34)29(18-32(35)33-19-25-7-6-14-39-25)23-15-26(37-2)17-27(16-23)38-3/h4-17,21,29H,18-20H2,1-3H3,(H,33,35)/t29-/m1/s1. The molecule has 0 fully saturated rings. The van der Waals surface area contributed by atoms with Crippen molar-refractivity contribution in [3.8, 4) is 17.2 Å². The third-order valence-corrected chi connectivity index (χ3v) is 6.91. The molecular formula is C32H32N2O5. The molecule has 5 rings (SSSR count). The summed E-state index contributed by atoms with van der Waals surface area (Å²) in [6, 6.07) is 25.8. The number of methoxy groups -OCH3 is 3. The van der Waals surface area contributed by atoms with Crippen LogP contribution in [-0.4, -0.2) is 31.8 Å². The number of nitrogens with one attached hydrogen (secondary N) is 1. The van der Waals surface area contributed by atoms with Crippen LogP contribution in [-0.2, 0) is 17.9 Å². The summed E-state index contributed by atoms with van der Waals surface area (Å²) in [5, 5.41) is 4.10. The summed E-state index contributed by atoms with van der Waals surface area (Å²) in [5.74, 6) is 2.56. The van der Waals surface area contributed by atoms with Crippen molar-refractivity contribution in [2.75, 3.05) is 21.3 Å². The molecule has 2 aromatic heterocycles. The molecule has 1 N–H and O–H groups in total. The Kier molecular flexibility index (Phi) is 7.87. The van der Waals surface area contributed by atoms with Gasteiger partial charge in [-0.1, -0.05) is 30.3 Å². The lowest BCUT2D eigenvalue weighted by Gasteiger charge is -2.19. The third kappa shape index (κ3) is 5.93. The Balaban J connectivity index is 1.54. The molecule has 0 saturated heterocycles. The lowest BCUT2D eigenvalue weighted by molar-refractivity contribution is -0.121. The number of hydrogen-bond acceptors (Lipinski definition) is 5. The molecule has 7 nitrogen and oxygen atoms in total. The molecule has 0 aliphatic carbocycles. The Hall–Kier alpha value is -4.65. The monoisotopic (exact) mass is 524 g/mol. The summed E-state index contributed by atoms with van der Waals surface area (Å²) in [7, 11) is 4.92. The van der Waals surface area contributed by atoms with Crippen LogP contribution in [0.15, 0.2) is 95.7 Å². The Morgan fingerprint density at radius 3 is 2.26 bits per heavy atom. The van der Waals surface area contributed by atoms with Crippen LogP contribution < -0.4 is 19.5 Å². The summed E-state index contributed by atoms with van der Waals surface area (Å²) in [5.41, 5.74) is 4.24. The van der Waals surface area contributed by atoms with Crippen molar-refractivity contribution >= 4 is 16.8 Å². The van der Waals surface area contributed by atoms with Gasteiger partial charge in [0.1, 0.15) is 23.0 Å². The molecule has 0 unspecified atom stereocenters. The summed E-state index contributed by atoms with van der Waals surface area (Å²) in [6.07, 6.45) is 4.00. The highest BCUT2D eigenvalue weighted by atomic mass is 16.5. The first-order valence-electron chi connectivity index (χ1n) is 12.8. The van der Waals surface area contributed by atoms with Crippen LogP contribution >= 0.6 is 0 Å². The number of furan rings is 1. The number of hydrogen-bond donors (Lipinski definition) is 1. The van der Waals surface area contributed by atoms with Crippen LogP contribution in [0, 0.1) is 0 Å². The fourth-order valence-electron chi connectivity index (χ4n) is 4.91. The van der Waals surface area contributed by atoms with E-state index in [1.165, 1.54) is 0 Å². The summed E-state index contributed by atoms with van der Waals surface area (Å²) < 4.78 is 24.1. The first kappa shape index (κ1) is 26.0. The Bertz CT molecular complexity index is 1510. The molecule has 0 aliphatic rings. The quantitative estimate of drug-likeness (QED) is 0.224. The number of para-hydroxylation sites is 1. The van der Waals surface area contributed by atoms with Crippen LogP contribution in [0.4, 0.5) is 0 Å². The van der Waals surface area contributed by atoms with Gasteiger partial charge in [0.25, 0.3) is 0 Å². The number of nitrogens with zero attached hydrogens (tertiary/aromatic N) is 1. The highest BCUT2D eigenvalue weighted by Gasteiger charge is 2.24. The van der Waals surface area contributed by atoms with E-state index in [0.717, 1.165) is 33.3 Å². The SMILES string of the molecule is COc1ccc(Cn2cc([C@H](CC(=O)NCc3ccco3)c3cc(OC)cc(OC)c3)c3ccccc32)cc1. The number of rotatable bonds is 11. The number of benzene rings is 3. The maximum Gasteiger partial charge on any atom is 0.221 e. The van der Waals surface area contributed by atoms with E-state index >= 15 is 0 Å². The van der Waals surface area contributed by atoms with Gasteiger partial charge in [-0.2, -0.15) is 0 Å². The molecule has 0 saturated carbocycles. The zero-order valence-corrected chi connectivity index (χ0v) is 22.3. The second kappa shape index (κ2) is 11.8. The fourth-order valence-corrected chi connectivity index (χ4v) is 4.91. The third-order valence-electron chi connectivity index (χ3n) is 6.91. The van der Waals surface area contributed by atoms with Crippen LogP contribution in [0.25, 0.3) is 10.9 Å². The van der Waals surface area contributed by atoms with Gasteiger partial charge in [-0.25, -0.2) is 0 Å². The predicted molar refractivity (Wildman–Crippen MR) is 151 cm³/mol. The fraction of sp³-hybridized carbons (Fsp3) is 0.219. The molecule has 0 aliphatic heterocycles. The van der Waals surface area contributed by atoms with Gasteiger partial charge >= 0.3 is 0 Å². The van der Waals surface area contributed by atoms with Crippen LogP contribution in [0.5, 0.6) is 17.2 Å². The Morgan fingerprint density at radius 2 is 1.59 bits per heavy atom. The largest absolute Gasteiger partial charge is 0.497 e. The van der Waals surface area contributed by atoms with Crippen LogP contribution in [0.3, 0.4) is 0 Å². The zero-order valence-electron chi connectivity index (χ0n) is 22.3. The van der Waals surface area contributed by atoms with E-state index in [0.29, 0.717) is 30.3 Å². The van der Waals surface area contributed by atoms with Crippen molar-refractivity contribution in [1.82, 2.24) is 9.88 Å². The summed E-state index contributed by atoms with van der Waals surface area (Å²) in [6.45, 7) is 1.02. The van der Waals surface area contributed by atoms with Gasteiger partial charge < -0.3 is 28.5 Å². The van der Waals surface area contributed by atoms with Gasteiger partial charge in [-0.05, 0) is 59.2 Å². The Labute approximate surface area is 227 Å². The molecule has 7 heteroatoms. The molecule has 2 heterocycles. The highest BCUT2D eigenvalue weighted by Crippen LogP contribution is 2.38. The Morgan fingerprint density at radius 1 is 0.872 bits per heavy atom. The minimum atomic E-state index is -0.243. The van der Waals surface area contributed by atoms with E-state index in [-0.39, 0.29) is 18.2 Å². The van der Waals surface area contributed by atoms with Crippen molar-refractivity contribution in [1.29, 1.82) is 0 Å². The smallest absolute Gasteiger partial charge is 0.221 e. The van der Waals surface area contributed by atoms with Crippen LogP contribution in [0.1, 0.15) is 34.8 Å². The van der Waals surface area contributed by atoms with Crippen molar-refractivity contribution in [2.24, 2.45) is 0 Å². The van der Waals surface area contributed by atoms with E-state index in [1.54, 1.807) is 27.6 Å². The molecule has 0 spiro atoms. The maximum atomic E-state index is 13.3. The van der Waals surface area contributed by atoms with Crippen molar-refractivity contribution in [3.05, 3.63) is 114 Å². The average molecular weight is 525 g/mol. The second-order valence-corrected chi connectivity index (χ2v) is 9.34. The number of carbonyl (C=O) groups is 1. The van der Waals surface area contributed by atoms with E-state index in [1.807, 2.05) is 54.6 Å². The predicted octanol–water partition coefficient (Wildman–Crippen LogP) is 6.15. The number of fused-ring (bicyclic) bond motifs is 1. The van der Waals surface area contributed by atoms with Crippen molar-refractivity contribution < 1.29 is 23.4 Å². The molecular weight excluding hydrogens is 492 g/mol. The van der Waals surface area contributed by atoms with Gasteiger partial charge in [0.2, 0.25) is 5.91 Å². The first-order chi connectivity index (χ1) is 19.1. The number of carbonyl (C=O) groups excluding carboxylic acids is 1. The van der Waals surface area contributed by atoms with Gasteiger partial charge in [0.15, 0.2) is 0 Å². The van der Waals surface area contributed by atoms with Gasteiger partial charge in [0.05, 0.1) is 34.1 Å². The van der Waals surface area contributed by atoms with E-state index in [9.17, 15) is 4.79 Å². The summed E-state index contributed by atoms with van der Waals surface area (Å²) in [4.78, 5) is 13.3. The normalized spacial score (nSPS) is 11.8. The first-order valence-corrected chi connectivity index (χ1v) is 12.8. The molecule has 3 aromatic carbocycles. The van der Waals surface area contributed by atoms with Crippen molar-refractivity contribution in [3.63, 3.8) is 0 Å². The molecule has 5 aromatic rings. The number of aromatic nitrogens is 1. The van der Waals surface area contributed by atoms with E-state index < -0.39 is 0 Å². The second-order valence-electron chi connectivity index (χ2n) is 9.34. The molecule has 39 heavy (non-hydrogen) atoms.